The second-order valence-corrected chi connectivity index (χ2v) is 7.53. The molecule has 2 aromatic rings. The maximum Gasteiger partial charge on any atom is 0.190 e. The summed E-state index contributed by atoms with van der Waals surface area (Å²) in [6.07, 6.45) is 0. The summed E-state index contributed by atoms with van der Waals surface area (Å²) in [5, 5.41) is -0.615. The van der Waals surface area contributed by atoms with Crippen molar-refractivity contribution in [1.82, 2.24) is 0 Å². The van der Waals surface area contributed by atoms with Crippen LogP contribution in [0.25, 0.3) is 0 Å². The van der Waals surface area contributed by atoms with Crippen molar-refractivity contribution < 1.29 is 14.2 Å². The molecule has 23 heavy (non-hydrogen) atoms. The molecule has 2 rings (SSSR count). The number of rotatable bonds is 7. The molecule has 0 aliphatic rings. The first-order valence-electron chi connectivity index (χ1n) is 7.97. The Bertz CT molecular complexity index is 708. The monoisotopic (exact) mass is 333 g/mol. The number of hydrogen-bond donors (Lipinski definition) is 1. The number of quaternary nitrogens is 1. The van der Waals surface area contributed by atoms with Crippen LogP contribution in [0.1, 0.15) is 24.7 Å². The molecule has 5 heteroatoms. The van der Waals surface area contributed by atoms with E-state index in [1.165, 1.54) is 0 Å². The summed E-state index contributed by atoms with van der Waals surface area (Å²) in [6.45, 7) is 6.38. The average Bonchev–Trinajstić information content (AvgIpc) is 2.58. The SMILES string of the molecule is CCN(CC)c1ccc([C@H](C[NH3+])S(=O)(=O)c2ccccc2)cc1. The van der Waals surface area contributed by atoms with Crippen molar-refractivity contribution in [3.8, 4) is 0 Å². The van der Waals surface area contributed by atoms with Crippen molar-refractivity contribution in [3.05, 3.63) is 60.2 Å². The van der Waals surface area contributed by atoms with E-state index in [9.17, 15) is 8.42 Å². The first kappa shape index (κ1) is 17.5. The summed E-state index contributed by atoms with van der Waals surface area (Å²) in [5.41, 5.74) is 5.76. The van der Waals surface area contributed by atoms with Crippen molar-refractivity contribution >= 4 is 15.5 Å². The lowest BCUT2D eigenvalue weighted by molar-refractivity contribution is -0.367. The van der Waals surface area contributed by atoms with Gasteiger partial charge >= 0.3 is 0 Å². The number of benzene rings is 2. The van der Waals surface area contributed by atoms with Crippen LogP contribution in [0.5, 0.6) is 0 Å². The minimum absolute atomic E-state index is 0.307. The first-order valence-corrected chi connectivity index (χ1v) is 9.52. The molecule has 0 spiro atoms. The Balaban J connectivity index is 2.35. The zero-order valence-electron chi connectivity index (χ0n) is 13.8. The Hall–Kier alpha value is -1.85. The average molecular weight is 333 g/mol. The molecule has 0 bridgehead atoms. The van der Waals surface area contributed by atoms with Gasteiger partial charge in [0.2, 0.25) is 0 Å². The molecule has 4 nitrogen and oxygen atoms in total. The fraction of sp³-hybridized carbons (Fsp3) is 0.333. The van der Waals surface area contributed by atoms with E-state index in [2.05, 4.69) is 24.5 Å². The predicted octanol–water partition coefficient (Wildman–Crippen LogP) is 2.29. The van der Waals surface area contributed by atoms with E-state index in [1.807, 2.05) is 30.3 Å². The van der Waals surface area contributed by atoms with Gasteiger partial charge < -0.3 is 10.6 Å². The molecule has 0 aromatic heterocycles. The molecule has 2 aromatic carbocycles. The van der Waals surface area contributed by atoms with Gasteiger partial charge in [0, 0.05) is 18.8 Å². The quantitative estimate of drug-likeness (QED) is 0.845. The molecule has 1 atom stereocenters. The lowest BCUT2D eigenvalue weighted by Gasteiger charge is -2.22. The van der Waals surface area contributed by atoms with Gasteiger partial charge in [-0.2, -0.15) is 0 Å². The van der Waals surface area contributed by atoms with Crippen LogP contribution in [0.2, 0.25) is 0 Å². The zero-order valence-corrected chi connectivity index (χ0v) is 14.6. The molecule has 0 heterocycles. The minimum Gasteiger partial charge on any atom is -0.372 e. The highest BCUT2D eigenvalue weighted by molar-refractivity contribution is 7.91. The smallest absolute Gasteiger partial charge is 0.190 e. The molecule has 0 saturated heterocycles. The molecule has 124 valence electrons. The molecule has 0 aliphatic heterocycles. The number of hydrogen-bond acceptors (Lipinski definition) is 3. The molecule has 0 saturated carbocycles. The van der Waals surface area contributed by atoms with Crippen LogP contribution in [0.4, 0.5) is 5.69 Å². The summed E-state index contributed by atoms with van der Waals surface area (Å²) in [7, 11) is -3.42. The Morgan fingerprint density at radius 2 is 1.52 bits per heavy atom. The predicted molar refractivity (Wildman–Crippen MR) is 94.1 cm³/mol. The highest BCUT2D eigenvalue weighted by Gasteiger charge is 2.29. The van der Waals surface area contributed by atoms with Crippen LogP contribution in [0.3, 0.4) is 0 Å². The van der Waals surface area contributed by atoms with Crippen LogP contribution >= 0.6 is 0 Å². The van der Waals surface area contributed by atoms with Gasteiger partial charge in [-0.3, -0.25) is 0 Å². The highest BCUT2D eigenvalue weighted by Crippen LogP contribution is 2.29. The number of sulfone groups is 1. The lowest BCUT2D eigenvalue weighted by atomic mass is 10.1. The maximum atomic E-state index is 12.8. The van der Waals surface area contributed by atoms with E-state index in [0.29, 0.717) is 11.4 Å². The Morgan fingerprint density at radius 3 is 2.00 bits per heavy atom. The van der Waals surface area contributed by atoms with Gasteiger partial charge in [-0.15, -0.1) is 0 Å². The third-order valence-corrected chi connectivity index (χ3v) is 6.29. The van der Waals surface area contributed by atoms with E-state index in [4.69, 9.17) is 0 Å². The standard InChI is InChI=1S/C18H24N2O2S/c1-3-20(4-2)16-12-10-15(11-13-16)18(14-19)23(21,22)17-8-6-5-7-9-17/h5-13,18H,3-4,14,19H2,1-2H3/p+1/t18-/m0/s1. The van der Waals surface area contributed by atoms with Gasteiger partial charge in [0.1, 0.15) is 5.25 Å². The van der Waals surface area contributed by atoms with E-state index >= 15 is 0 Å². The molecule has 0 aliphatic carbocycles. The summed E-state index contributed by atoms with van der Waals surface area (Å²) < 4.78 is 25.7. The van der Waals surface area contributed by atoms with Crippen LogP contribution in [0.15, 0.2) is 59.5 Å². The fourth-order valence-corrected chi connectivity index (χ4v) is 4.45. The number of nitrogens with zero attached hydrogens (tertiary/aromatic N) is 1. The normalized spacial score (nSPS) is 12.8. The summed E-state index contributed by atoms with van der Waals surface area (Å²) in [6, 6.07) is 16.4. The lowest BCUT2D eigenvalue weighted by Crippen LogP contribution is -2.54. The fourth-order valence-electron chi connectivity index (χ4n) is 2.76. The van der Waals surface area contributed by atoms with E-state index in [0.717, 1.165) is 24.3 Å². The second-order valence-electron chi connectivity index (χ2n) is 5.40. The second kappa shape index (κ2) is 7.62. The molecular weight excluding hydrogens is 308 g/mol. The molecule has 0 amide bonds. The zero-order chi connectivity index (χ0) is 16.9. The highest BCUT2D eigenvalue weighted by atomic mass is 32.2. The Morgan fingerprint density at radius 1 is 0.957 bits per heavy atom. The minimum atomic E-state index is -3.42. The van der Waals surface area contributed by atoms with Crippen molar-refractivity contribution in [3.63, 3.8) is 0 Å². The van der Waals surface area contributed by atoms with Crippen molar-refractivity contribution in [1.29, 1.82) is 0 Å². The van der Waals surface area contributed by atoms with Crippen LogP contribution in [-0.2, 0) is 9.84 Å². The Labute approximate surface area is 138 Å². The summed E-state index contributed by atoms with van der Waals surface area (Å²) in [4.78, 5) is 2.58. The third-order valence-electron chi connectivity index (χ3n) is 4.10. The van der Waals surface area contributed by atoms with Gasteiger partial charge in [0.25, 0.3) is 0 Å². The van der Waals surface area contributed by atoms with Gasteiger partial charge in [0.15, 0.2) is 9.84 Å². The molecule has 0 unspecified atom stereocenters. The first-order chi connectivity index (χ1) is 11.0. The summed E-state index contributed by atoms with van der Waals surface area (Å²) in [5.74, 6) is 0. The van der Waals surface area contributed by atoms with Gasteiger partial charge in [0.05, 0.1) is 11.4 Å². The van der Waals surface area contributed by atoms with E-state index in [1.54, 1.807) is 24.3 Å². The summed E-state index contributed by atoms with van der Waals surface area (Å²) >= 11 is 0. The Kier molecular flexibility index (Phi) is 5.80. The third kappa shape index (κ3) is 3.74. The van der Waals surface area contributed by atoms with Crippen molar-refractivity contribution in [2.75, 3.05) is 24.5 Å². The van der Waals surface area contributed by atoms with Crippen LogP contribution in [0, 0.1) is 0 Å². The van der Waals surface area contributed by atoms with Crippen molar-refractivity contribution in [2.24, 2.45) is 0 Å². The van der Waals surface area contributed by atoms with Gasteiger partial charge in [-0.25, -0.2) is 8.42 Å². The molecular formula is C18H25N2O2S+. The molecule has 3 N–H and O–H groups in total. The van der Waals surface area contributed by atoms with Crippen molar-refractivity contribution in [2.45, 2.75) is 24.0 Å². The largest absolute Gasteiger partial charge is 0.372 e. The van der Waals surface area contributed by atoms with E-state index < -0.39 is 15.1 Å². The maximum absolute atomic E-state index is 12.8. The molecule has 0 radical (unpaired) electrons. The molecule has 0 fully saturated rings. The van der Waals surface area contributed by atoms with Crippen LogP contribution in [-0.4, -0.2) is 28.1 Å². The topological polar surface area (TPSA) is 65.0 Å². The van der Waals surface area contributed by atoms with Gasteiger partial charge in [-0.05, 0) is 43.7 Å². The number of anilines is 1. The van der Waals surface area contributed by atoms with Gasteiger partial charge in [-0.1, -0.05) is 30.3 Å². The van der Waals surface area contributed by atoms with E-state index in [-0.39, 0.29) is 0 Å². The van der Waals surface area contributed by atoms with Crippen LogP contribution < -0.4 is 10.6 Å².